The first kappa shape index (κ1) is 8.31. The molecule has 0 unspecified atom stereocenters. The summed E-state index contributed by atoms with van der Waals surface area (Å²) in [5.41, 5.74) is 8.95. The third kappa shape index (κ3) is 1.23. The summed E-state index contributed by atoms with van der Waals surface area (Å²) in [6.07, 6.45) is 1.86. The van der Waals surface area contributed by atoms with Crippen molar-refractivity contribution in [2.24, 2.45) is 7.05 Å². The van der Waals surface area contributed by atoms with Gasteiger partial charge in [0.15, 0.2) is 0 Å². The molecule has 13 heavy (non-hydrogen) atoms. The summed E-state index contributed by atoms with van der Waals surface area (Å²) in [5.74, 6) is 0. The van der Waals surface area contributed by atoms with E-state index in [9.17, 15) is 0 Å². The first-order valence-electron chi connectivity index (χ1n) is 4.02. The summed E-state index contributed by atoms with van der Waals surface area (Å²) in [6, 6.07) is 1.92. The summed E-state index contributed by atoms with van der Waals surface area (Å²) in [7, 11) is 1.93. The molecule has 0 amide bonds. The number of rotatable bonds is 1. The van der Waals surface area contributed by atoms with Gasteiger partial charge in [0, 0.05) is 7.05 Å². The molecular formula is C9H11N3S. The number of hydrogen-bond donors (Lipinski definition) is 1. The molecule has 0 atom stereocenters. The molecule has 0 aliphatic heterocycles. The molecule has 3 nitrogen and oxygen atoms in total. The fourth-order valence-electron chi connectivity index (χ4n) is 1.38. The molecule has 0 fully saturated rings. The van der Waals surface area contributed by atoms with Crippen molar-refractivity contribution in [3.63, 3.8) is 0 Å². The van der Waals surface area contributed by atoms with Crippen LogP contribution >= 0.6 is 11.3 Å². The van der Waals surface area contributed by atoms with Gasteiger partial charge < -0.3 is 5.73 Å². The summed E-state index contributed by atoms with van der Waals surface area (Å²) in [4.78, 5) is 1.11. The third-order valence-corrected chi connectivity index (χ3v) is 2.97. The summed E-state index contributed by atoms with van der Waals surface area (Å²) >= 11 is 1.65. The van der Waals surface area contributed by atoms with E-state index in [2.05, 4.69) is 5.10 Å². The van der Waals surface area contributed by atoms with Crippen LogP contribution in [0.2, 0.25) is 0 Å². The van der Waals surface area contributed by atoms with E-state index < -0.39 is 0 Å². The van der Waals surface area contributed by atoms with Crippen LogP contribution in [-0.2, 0) is 7.05 Å². The van der Waals surface area contributed by atoms with Crippen LogP contribution < -0.4 is 5.73 Å². The molecule has 0 aliphatic carbocycles. The van der Waals surface area contributed by atoms with E-state index in [0.717, 1.165) is 21.8 Å². The van der Waals surface area contributed by atoms with Gasteiger partial charge in [0.2, 0.25) is 0 Å². The lowest BCUT2D eigenvalue weighted by Gasteiger charge is -2.01. The second-order valence-corrected chi connectivity index (χ2v) is 3.92. The number of nitrogens with zero attached hydrogens (tertiary/aromatic N) is 2. The van der Waals surface area contributed by atoms with Crippen LogP contribution in [0, 0.1) is 6.92 Å². The molecule has 0 radical (unpaired) electrons. The predicted octanol–water partition coefficient (Wildman–Crippen LogP) is 2.04. The van der Waals surface area contributed by atoms with E-state index in [0.29, 0.717) is 0 Å². The largest absolute Gasteiger partial charge is 0.397 e. The number of aromatic nitrogens is 2. The highest BCUT2D eigenvalue weighted by Gasteiger charge is 2.11. The highest BCUT2D eigenvalue weighted by molar-refractivity contribution is 7.14. The molecule has 68 valence electrons. The molecule has 2 N–H and O–H groups in total. The van der Waals surface area contributed by atoms with Gasteiger partial charge in [0.25, 0.3) is 0 Å². The minimum atomic E-state index is 0.830. The van der Waals surface area contributed by atoms with E-state index in [1.54, 1.807) is 11.3 Å². The zero-order chi connectivity index (χ0) is 9.42. The van der Waals surface area contributed by atoms with Crippen LogP contribution in [0.3, 0.4) is 0 Å². The van der Waals surface area contributed by atoms with E-state index in [1.165, 1.54) is 0 Å². The molecule has 0 spiro atoms. The Labute approximate surface area is 80.8 Å². The fourth-order valence-corrected chi connectivity index (χ4v) is 2.34. The van der Waals surface area contributed by atoms with Crippen molar-refractivity contribution in [3.05, 3.63) is 23.2 Å². The summed E-state index contributed by atoms with van der Waals surface area (Å²) in [6.45, 7) is 2.04. The maximum atomic E-state index is 5.84. The Hall–Kier alpha value is -1.29. The van der Waals surface area contributed by atoms with Crippen molar-refractivity contribution >= 4 is 17.0 Å². The van der Waals surface area contributed by atoms with Crippen molar-refractivity contribution in [3.8, 4) is 10.6 Å². The van der Waals surface area contributed by atoms with Gasteiger partial charge in [0.05, 0.1) is 22.5 Å². The number of aryl methyl sites for hydroxylation is 2. The highest BCUT2D eigenvalue weighted by Crippen LogP contribution is 2.32. The molecule has 0 aliphatic rings. The van der Waals surface area contributed by atoms with Crippen molar-refractivity contribution in [1.29, 1.82) is 0 Å². The average Bonchev–Trinajstić information content (AvgIpc) is 2.60. The van der Waals surface area contributed by atoms with Gasteiger partial charge in [-0.25, -0.2) is 0 Å². The Balaban J connectivity index is 2.64. The van der Waals surface area contributed by atoms with Crippen LogP contribution in [0.4, 0.5) is 5.69 Å². The quantitative estimate of drug-likeness (QED) is 0.753. The number of hydrogen-bond acceptors (Lipinski definition) is 3. The topological polar surface area (TPSA) is 43.8 Å². The second-order valence-electron chi connectivity index (χ2n) is 3.00. The summed E-state index contributed by atoms with van der Waals surface area (Å²) in [5, 5.41) is 6.18. The van der Waals surface area contributed by atoms with Crippen LogP contribution in [0.1, 0.15) is 5.56 Å². The normalized spacial score (nSPS) is 10.6. The van der Waals surface area contributed by atoms with Gasteiger partial charge in [-0.3, -0.25) is 4.68 Å². The van der Waals surface area contributed by atoms with Gasteiger partial charge in [-0.15, -0.1) is 11.3 Å². The van der Waals surface area contributed by atoms with Crippen LogP contribution in [-0.4, -0.2) is 9.78 Å². The SMILES string of the molecule is Cc1cnn(C)c1-c1sccc1N. The van der Waals surface area contributed by atoms with Crippen molar-refractivity contribution < 1.29 is 0 Å². The Morgan fingerprint density at radius 1 is 1.54 bits per heavy atom. The Bertz CT molecular complexity index is 408. The van der Waals surface area contributed by atoms with Crippen LogP contribution in [0.5, 0.6) is 0 Å². The molecular weight excluding hydrogens is 182 g/mol. The first-order valence-corrected chi connectivity index (χ1v) is 4.90. The van der Waals surface area contributed by atoms with E-state index in [1.807, 2.05) is 36.3 Å². The Morgan fingerprint density at radius 3 is 2.77 bits per heavy atom. The molecule has 0 saturated heterocycles. The van der Waals surface area contributed by atoms with Crippen LogP contribution in [0.25, 0.3) is 10.6 Å². The molecule has 0 bridgehead atoms. The fraction of sp³-hybridized carbons (Fsp3) is 0.222. The van der Waals surface area contributed by atoms with Crippen molar-refractivity contribution in [2.45, 2.75) is 6.92 Å². The number of nitrogens with two attached hydrogens (primary N) is 1. The molecule has 2 heterocycles. The molecule has 0 aromatic carbocycles. The predicted molar refractivity (Wildman–Crippen MR) is 55.7 cm³/mol. The lowest BCUT2D eigenvalue weighted by atomic mass is 10.2. The van der Waals surface area contributed by atoms with E-state index >= 15 is 0 Å². The zero-order valence-electron chi connectivity index (χ0n) is 7.61. The van der Waals surface area contributed by atoms with Gasteiger partial charge in [-0.2, -0.15) is 5.10 Å². The molecule has 2 rings (SSSR count). The highest BCUT2D eigenvalue weighted by atomic mass is 32.1. The van der Waals surface area contributed by atoms with Gasteiger partial charge >= 0.3 is 0 Å². The molecule has 2 aromatic heterocycles. The molecule has 4 heteroatoms. The number of thiophene rings is 1. The Kier molecular flexibility index (Phi) is 1.84. The third-order valence-electron chi connectivity index (χ3n) is 2.03. The minimum Gasteiger partial charge on any atom is -0.397 e. The zero-order valence-corrected chi connectivity index (χ0v) is 8.43. The lowest BCUT2D eigenvalue weighted by molar-refractivity contribution is 0.777. The standard InChI is InChI=1S/C9H11N3S/c1-6-5-11-12(2)8(6)9-7(10)3-4-13-9/h3-5H,10H2,1-2H3. The van der Waals surface area contributed by atoms with Gasteiger partial charge in [-0.1, -0.05) is 0 Å². The van der Waals surface area contributed by atoms with E-state index in [-0.39, 0.29) is 0 Å². The maximum Gasteiger partial charge on any atom is 0.0828 e. The maximum absolute atomic E-state index is 5.84. The lowest BCUT2D eigenvalue weighted by Crippen LogP contribution is -1.94. The first-order chi connectivity index (χ1) is 6.20. The van der Waals surface area contributed by atoms with Crippen LogP contribution in [0.15, 0.2) is 17.6 Å². The van der Waals surface area contributed by atoms with Crippen molar-refractivity contribution in [2.75, 3.05) is 5.73 Å². The molecule has 0 saturated carbocycles. The molecule has 2 aromatic rings. The average molecular weight is 193 g/mol. The monoisotopic (exact) mass is 193 g/mol. The van der Waals surface area contributed by atoms with Crippen molar-refractivity contribution in [1.82, 2.24) is 9.78 Å². The second kappa shape index (κ2) is 2.88. The van der Waals surface area contributed by atoms with E-state index in [4.69, 9.17) is 5.73 Å². The van der Waals surface area contributed by atoms with Gasteiger partial charge in [0.1, 0.15) is 0 Å². The number of nitrogen functional groups attached to an aromatic ring is 1. The smallest absolute Gasteiger partial charge is 0.0828 e. The minimum absolute atomic E-state index is 0.830. The number of anilines is 1. The van der Waals surface area contributed by atoms with Gasteiger partial charge in [-0.05, 0) is 23.9 Å². The summed E-state index contributed by atoms with van der Waals surface area (Å²) < 4.78 is 1.86. The Morgan fingerprint density at radius 2 is 2.31 bits per heavy atom.